The Morgan fingerprint density at radius 2 is 2.00 bits per heavy atom. The van der Waals surface area contributed by atoms with Gasteiger partial charge in [0.05, 0.1) is 12.5 Å². The lowest BCUT2D eigenvalue weighted by Gasteiger charge is -2.31. The molecule has 1 amide bonds. The standard InChI is InChI=1S/C17H22N2O/c1-13-6-7-15(14(2)10-13)11-16(20)19-17(12-18)8-4-3-5-9-17/h6-7,10H,3-5,8-9,11H2,1-2H3,(H,19,20). The molecule has 0 spiro atoms. The number of benzene rings is 1. The van der Waals surface area contributed by atoms with E-state index in [9.17, 15) is 10.1 Å². The Morgan fingerprint density at radius 1 is 1.30 bits per heavy atom. The average molecular weight is 270 g/mol. The van der Waals surface area contributed by atoms with Crippen molar-refractivity contribution in [2.45, 2.75) is 57.9 Å². The molecule has 1 aliphatic carbocycles. The van der Waals surface area contributed by atoms with Crippen LogP contribution in [0.2, 0.25) is 0 Å². The smallest absolute Gasteiger partial charge is 0.225 e. The van der Waals surface area contributed by atoms with Crippen LogP contribution in [-0.2, 0) is 11.2 Å². The van der Waals surface area contributed by atoms with Gasteiger partial charge in [0.15, 0.2) is 0 Å². The molecule has 0 atom stereocenters. The van der Waals surface area contributed by atoms with Gasteiger partial charge in [-0.25, -0.2) is 0 Å². The number of carbonyl (C=O) groups is 1. The molecule has 1 saturated carbocycles. The average Bonchev–Trinajstić information content (AvgIpc) is 2.43. The quantitative estimate of drug-likeness (QED) is 0.917. The summed E-state index contributed by atoms with van der Waals surface area (Å²) in [4.78, 5) is 12.2. The number of amides is 1. The van der Waals surface area contributed by atoms with Crippen LogP contribution in [0.15, 0.2) is 18.2 Å². The van der Waals surface area contributed by atoms with Gasteiger partial charge in [0.2, 0.25) is 5.91 Å². The Morgan fingerprint density at radius 3 is 2.60 bits per heavy atom. The second-order valence-corrected chi connectivity index (χ2v) is 5.91. The van der Waals surface area contributed by atoms with Crippen molar-refractivity contribution in [2.24, 2.45) is 0 Å². The molecule has 20 heavy (non-hydrogen) atoms. The van der Waals surface area contributed by atoms with E-state index in [1.54, 1.807) is 0 Å². The van der Waals surface area contributed by atoms with Crippen LogP contribution in [0.25, 0.3) is 0 Å². The predicted octanol–water partition coefficient (Wildman–Crippen LogP) is 3.19. The highest BCUT2D eigenvalue weighted by Gasteiger charge is 2.33. The van der Waals surface area contributed by atoms with E-state index in [0.29, 0.717) is 6.42 Å². The highest BCUT2D eigenvalue weighted by molar-refractivity contribution is 5.80. The van der Waals surface area contributed by atoms with Gasteiger partial charge in [-0.1, -0.05) is 43.0 Å². The number of nitrogens with zero attached hydrogens (tertiary/aromatic N) is 1. The van der Waals surface area contributed by atoms with Crippen molar-refractivity contribution in [3.63, 3.8) is 0 Å². The molecule has 0 unspecified atom stereocenters. The van der Waals surface area contributed by atoms with E-state index in [-0.39, 0.29) is 5.91 Å². The second-order valence-electron chi connectivity index (χ2n) is 5.91. The highest BCUT2D eigenvalue weighted by atomic mass is 16.1. The molecular weight excluding hydrogens is 248 g/mol. The van der Waals surface area contributed by atoms with Gasteiger partial charge in [0, 0.05) is 0 Å². The summed E-state index contributed by atoms with van der Waals surface area (Å²) >= 11 is 0. The maximum atomic E-state index is 12.2. The second kappa shape index (κ2) is 6.09. The summed E-state index contributed by atoms with van der Waals surface area (Å²) in [6, 6.07) is 8.44. The molecule has 0 bridgehead atoms. The third-order valence-corrected chi connectivity index (χ3v) is 4.15. The van der Waals surface area contributed by atoms with E-state index >= 15 is 0 Å². The molecule has 3 nitrogen and oxygen atoms in total. The van der Waals surface area contributed by atoms with E-state index in [1.807, 2.05) is 26.0 Å². The molecular formula is C17H22N2O. The summed E-state index contributed by atoms with van der Waals surface area (Å²) in [5.41, 5.74) is 2.74. The molecule has 0 saturated heterocycles. The van der Waals surface area contributed by atoms with Crippen molar-refractivity contribution < 1.29 is 4.79 Å². The van der Waals surface area contributed by atoms with Crippen LogP contribution in [0, 0.1) is 25.2 Å². The number of hydrogen-bond acceptors (Lipinski definition) is 2. The van der Waals surface area contributed by atoms with Crippen LogP contribution < -0.4 is 5.32 Å². The maximum absolute atomic E-state index is 12.2. The molecule has 106 valence electrons. The molecule has 0 heterocycles. The molecule has 1 aromatic carbocycles. The van der Waals surface area contributed by atoms with Gasteiger partial charge in [0.25, 0.3) is 0 Å². The summed E-state index contributed by atoms with van der Waals surface area (Å²) in [7, 11) is 0. The Kier molecular flexibility index (Phi) is 4.44. The van der Waals surface area contributed by atoms with E-state index < -0.39 is 5.54 Å². The number of nitriles is 1. The summed E-state index contributed by atoms with van der Waals surface area (Å²) < 4.78 is 0. The van der Waals surface area contributed by atoms with Gasteiger partial charge in [-0.2, -0.15) is 5.26 Å². The minimum absolute atomic E-state index is 0.0413. The SMILES string of the molecule is Cc1ccc(CC(=O)NC2(C#N)CCCCC2)c(C)c1. The van der Waals surface area contributed by atoms with E-state index in [1.165, 1.54) is 5.56 Å². The van der Waals surface area contributed by atoms with Crippen LogP contribution in [0.5, 0.6) is 0 Å². The fraction of sp³-hybridized carbons (Fsp3) is 0.529. The highest BCUT2D eigenvalue weighted by Crippen LogP contribution is 2.27. The third kappa shape index (κ3) is 3.39. The lowest BCUT2D eigenvalue weighted by atomic mass is 9.82. The van der Waals surface area contributed by atoms with E-state index in [2.05, 4.69) is 17.5 Å². The number of hydrogen-bond donors (Lipinski definition) is 1. The first-order valence-corrected chi connectivity index (χ1v) is 7.33. The molecule has 0 aliphatic heterocycles. The Hall–Kier alpha value is -1.82. The fourth-order valence-electron chi connectivity index (χ4n) is 2.95. The molecule has 0 aromatic heterocycles. The monoisotopic (exact) mass is 270 g/mol. The summed E-state index contributed by atoms with van der Waals surface area (Å²) in [6.45, 7) is 4.07. The van der Waals surface area contributed by atoms with Gasteiger partial charge in [-0.15, -0.1) is 0 Å². The van der Waals surface area contributed by atoms with Crippen LogP contribution in [0.3, 0.4) is 0 Å². The normalized spacial score (nSPS) is 17.2. The first-order valence-electron chi connectivity index (χ1n) is 7.33. The fourth-order valence-corrected chi connectivity index (χ4v) is 2.95. The molecule has 1 fully saturated rings. The van der Waals surface area contributed by atoms with E-state index in [4.69, 9.17) is 0 Å². The first-order chi connectivity index (χ1) is 9.54. The van der Waals surface area contributed by atoms with Gasteiger partial charge in [-0.05, 0) is 37.8 Å². The Balaban J connectivity index is 2.03. The minimum atomic E-state index is -0.631. The minimum Gasteiger partial charge on any atom is -0.338 e. The number of carbonyl (C=O) groups excluding carboxylic acids is 1. The summed E-state index contributed by atoms with van der Waals surface area (Å²) in [5, 5.41) is 12.4. The van der Waals surface area contributed by atoms with Crippen LogP contribution in [-0.4, -0.2) is 11.4 Å². The van der Waals surface area contributed by atoms with Crippen molar-refractivity contribution in [2.75, 3.05) is 0 Å². The summed E-state index contributed by atoms with van der Waals surface area (Å²) in [6.07, 6.45) is 5.13. The zero-order valence-corrected chi connectivity index (χ0v) is 12.3. The number of rotatable bonds is 3. The Labute approximate surface area is 121 Å². The number of nitrogens with one attached hydrogen (secondary N) is 1. The van der Waals surface area contributed by atoms with E-state index in [0.717, 1.165) is 43.2 Å². The van der Waals surface area contributed by atoms with Crippen LogP contribution in [0.1, 0.15) is 48.8 Å². The number of aryl methyl sites for hydroxylation is 2. The largest absolute Gasteiger partial charge is 0.338 e. The lowest BCUT2D eigenvalue weighted by molar-refractivity contribution is -0.122. The van der Waals surface area contributed by atoms with Crippen LogP contribution in [0.4, 0.5) is 0 Å². The van der Waals surface area contributed by atoms with Gasteiger partial charge >= 0.3 is 0 Å². The third-order valence-electron chi connectivity index (χ3n) is 4.15. The molecule has 1 aromatic rings. The van der Waals surface area contributed by atoms with Crippen molar-refractivity contribution in [1.29, 1.82) is 5.26 Å². The van der Waals surface area contributed by atoms with Crippen molar-refractivity contribution in [3.05, 3.63) is 34.9 Å². The van der Waals surface area contributed by atoms with Gasteiger partial charge < -0.3 is 5.32 Å². The zero-order chi connectivity index (χ0) is 14.6. The molecule has 3 heteroatoms. The van der Waals surface area contributed by atoms with Gasteiger partial charge in [-0.3, -0.25) is 4.79 Å². The van der Waals surface area contributed by atoms with Crippen molar-refractivity contribution >= 4 is 5.91 Å². The van der Waals surface area contributed by atoms with Crippen LogP contribution >= 0.6 is 0 Å². The molecule has 0 radical (unpaired) electrons. The summed E-state index contributed by atoms with van der Waals surface area (Å²) in [5.74, 6) is -0.0413. The lowest BCUT2D eigenvalue weighted by Crippen LogP contribution is -2.49. The van der Waals surface area contributed by atoms with Gasteiger partial charge in [0.1, 0.15) is 5.54 Å². The molecule has 2 rings (SSSR count). The predicted molar refractivity (Wildman–Crippen MR) is 79.2 cm³/mol. The van der Waals surface area contributed by atoms with Crippen molar-refractivity contribution in [1.82, 2.24) is 5.32 Å². The molecule has 1 aliphatic rings. The topological polar surface area (TPSA) is 52.9 Å². The molecule has 1 N–H and O–H groups in total. The Bertz CT molecular complexity index is 536. The maximum Gasteiger partial charge on any atom is 0.225 e. The first kappa shape index (κ1) is 14.6. The van der Waals surface area contributed by atoms with Crippen molar-refractivity contribution in [3.8, 4) is 6.07 Å². The zero-order valence-electron chi connectivity index (χ0n) is 12.3.